The third-order valence-electron chi connectivity index (χ3n) is 3.63. The number of carbonyl (C=O) groups is 1. The van der Waals surface area contributed by atoms with Crippen molar-refractivity contribution in [3.63, 3.8) is 0 Å². The van der Waals surface area contributed by atoms with Crippen molar-refractivity contribution in [1.29, 1.82) is 0 Å². The molecule has 0 aliphatic heterocycles. The van der Waals surface area contributed by atoms with Gasteiger partial charge < -0.3 is 5.32 Å². The fraction of sp³-hybridized carbons (Fsp3) is 0.467. The number of hydrogen-bond acceptors (Lipinski definition) is 1. The van der Waals surface area contributed by atoms with E-state index in [9.17, 15) is 4.79 Å². The largest absolute Gasteiger partial charge is 0.319 e. The lowest BCUT2D eigenvalue weighted by Gasteiger charge is -2.24. The van der Waals surface area contributed by atoms with Crippen LogP contribution in [0, 0.1) is 13.5 Å². The van der Waals surface area contributed by atoms with Crippen LogP contribution in [0.2, 0.25) is 0 Å². The van der Waals surface area contributed by atoms with Gasteiger partial charge in [0.15, 0.2) is 0 Å². The summed E-state index contributed by atoms with van der Waals surface area (Å²) in [5.41, 5.74) is 1.10. The zero-order valence-electron chi connectivity index (χ0n) is 10.7. The molecule has 3 nitrogen and oxygen atoms in total. The molecule has 0 bridgehead atoms. The molecule has 94 valence electrons. The van der Waals surface area contributed by atoms with Gasteiger partial charge in [0.05, 0.1) is 0 Å². The standard InChI is InChI=1S/C15H18N2O/c1-12-6-8-13(9-7-12)17-14(18)15(16-2)10-4-3-5-11-15/h6-9H,3-5,10-11H2,1H3,(H,17,18). The van der Waals surface area contributed by atoms with Crippen LogP contribution in [0.5, 0.6) is 0 Å². The first-order valence-electron chi connectivity index (χ1n) is 6.43. The molecule has 18 heavy (non-hydrogen) atoms. The normalized spacial score (nSPS) is 17.8. The Hall–Kier alpha value is -1.82. The van der Waals surface area contributed by atoms with Crippen LogP contribution in [-0.2, 0) is 4.79 Å². The summed E-state index contributed by atoms with van der Waals surface area (Å²) in [7, 11) is 0. The first-order valence-corrected chi connectivity index (χ1v) is 6.43. The van der Waals surface area contributed by atoms with E-state index in [0.717, 1.165) is 30.5 Å². The summed E-state index contributed by atoms with van der Waals surface area (Å²) in [4.78, 5) is 15.9. The van der Waals surface area contributed by atoms with Gasteiger partial charge in [0.1, 0.15) is 0 Å². The fourth-order valence-electron chi connectivity index (χ4n) is 2.41. The molecule has 1 amide bonds. The van der Waals surface area contributed by atoms with Crippen molar-refractivity contribution in [1.82, 2.24) is 0 Å². The van der Waals surface area contributed by atoms with Crippen LogP contribution in [0.3, 0.4) is 0 Å². The number of anilines is 1. The molecule has 0 radical (unpaired) electrons. The van der Waals surface area contributed by atoms with Crippen molar-refractivity contribution in [3.05, 3.63) is 41.2 Å². The Labute approximate surface area is 108 Å². The molecule has 1 aliphatic carbocycles. The maximum atomic E-state index is 12.3. The third-order valence-corrected chi connectivity index (χ3v) is 3.63. The highest BCUT2D eigenvalue weighted by Crippen LogP contribution is 2.33. The van der Waals surface area contributed by atoms with E-state index in [1.807, 2.05) is 31.2 Å². The SMILES string of the molecule is [C-]#[N+]C1(C(=O)Nc2ccc(C)cc2)CCCCC1. The van der Waals surface area contributed by atoms with Crippen molar-refractivity contribution in [2.75, 3.05) is 5.32 Å². The maximum Gasteiger partial charge on any atom is 0.310 e. The van der Waals surface area contributed by atoms with Crippen LogP contribution in [-0.4, -0.2) is 11.4 Å². The quantitative estimate of drug-likeness (QED) is 0.790. The molecule has 1 aliphatic rings. The number of benzene rings is 1. The Morgan fingerprint density at radius 3 is 2.39 bits per heavy atom. The molecule has 0 aromatic heterocycles. The molecular weight excluding hydrogens is 224 g/mol. The Balaban J connectivity index is 2.11. The smallest absolute Gasteiger partial charge is 0.310 e. The number of nitrogens with zero attached hydrogens (tertiary/aromatic N) is 1. The lowest BCUT2D eigenvalue weighted by atomic mass is 9.81. The van der Waals surface area contributed by atoms with E-state index >= 15 is 0 Å². The molecule has 0 spiro atoms. The molecule has 0 unspecified atom stereocenters. The maximum absolute atomic E-state index is 12.3. The minimum absolute atomic E-state index is 0.138. The van der Waals surface area contributed by atoms with Crippen molar-refractivity contribution in [2.45, 2.75) is 44.6 Å². The zero-order valence-corrected chi connectivity index (χ0v) is 10.7. The molecule has 0 saturated heterocycles. The average Bonchev–Trinajstić information content (AvgIpc) is 2.42. The molecule has 1 saturated carbocycles. The minimum atomic E-state index is -0.830. The van der Waals surface area contributed by atoms with Gasteiger partial charge in [-0.05, 0) is 31.9 Å². The summed E-state index contributed by atoms with van der Waals surface area (Å²) in [6, 6.07) is 7.68. The molecule has 1 aromatic carbocycles. The summed E-state index contributed by atoms with van der Waals surface area (Å²) < 4.78 is 0. The van der Waals surface area contributed by atoms with Crippen LogP contribution in [0.25, 0.3) is 4.85 Å². The van der Waals surface area contributed by atoms with Gasteiger partial charge in [0.2, 0.25) is 0 Å². The van der Waals surface area contributed by atoms with Crippen LogP contribution >= 0.6 is 0 Å². The lowest BCUT2D eigenvalue weighted by Crippen LogP contribution is -2.41. The fourth-order valence-corrected chi connectivity index (χ4v) is 2.41. The van der Waals surface area contributed by atoms with Gasteiger partial charge in [-0.25, -0.2) is 6.57 Å². The number of rotatable bonds is 2. The minimum Gasteiger partial charge on any atom is -0.319 e. The summed E-state index contributed by atoms with van der Waals surface area (Å²) in [5.74, 6) is -0.138. The summed E-state index contributed by atoms with van der Waals surface area (Å²) in [6.07, 6.45) is 4.46. The Kier molecular flexibility index (Phi) is 3.66. The zero-order chi connectivity index (χ0) is 13.0. The van der Waals surface area contributed by atoms with Crippen molar-refractivity contribution in [2.24, 2.45) is 0 Å². The molecule has 1 aromatic rings. The number of nitrogens with one attached hydrogen (secondary N) is 1. The molecule has 1 N–H and O–H groups in total. The Morgan fingerprint density at radius 1 is 1.22 bits per heavy atom. The van der Waals surface area contributed by atoms with Gasteiger partial charge in [0.25, 0.3) is 0 Å². The van der Waals surface area contributed by atoms with Crippen LogP contribution in [0.1, 0.15) is 37.7 Å². The number of aryl methyl sites for hydroxylation is 1. The van der Waals surface area contributed by atoms with Gasteiger partial charge in [-0.3, -0.25) is 9.64 Å². The summed E-state index contributed by atoms with van der Waals surface area (Å²) in [5, 5.41) is 2.88. The highest BCUT2D eigenvalue weighted by Gasteiger charge is 2.46. The van der Waals surface area contributed by atoms with E-state index in [1.165, 1.54) is 0 Å². The topological polar surface area (TPSA) is 33.5 Å². The first-order chi connectivity index (χ1) is 8.66. The van der Waals surface area contributed by atoms with Gasteiger partial charge in [-0.2, -0.15) is 0 Å². The van der Waals surface area contributed by atoms with Crippen LogP contribution in [0.4, 0.5) is 5.69 Å². The van der Waals surface area contributed by atoms with Gasteiger partial charge in [0, 0.05) is 18.5 Å². The van der Waals surface area contributed by atoms with E-state index in [2.05, 4.69) is 10.2 Å². The first kappa shape index (κ1) is 12.6. The highest BCUT2D eigenvalue weighted by molar-refractivity contribution is 5.99. The average molecular weight is 242 g/mol. The Morgan fingerprint density at radius 2 is 1.83 bits per heavy atom. The molecule has 3 heteroatoms. The summed E-state index contributed by atoms with van der Waals surface area (Å²) >= 11 is 0. The number of amides is 1. The second-order valence-electron chi connectivity index (χ2n) is 5.02. The predicted octanol–water partition coefficient (Wildman–Crippen LogP) is 3.56. The van der Waals surface area contributed by atoms with E-state index in [1.54, 1.807) is 0 Å². The van der Waals surface area contributed by atoms with Crippen molar-refractivity contribution in [3.8, 4) is 0 Å². The van der Waals surface area contributed by atoms with Gasteiger partial charge >= 0.3 is 11.4 Å². The van der Waals surface area contributed by atoms with Gasteiger partial charge in [-0.15, -0.1) is 0 Å². The van der Waals surface area contributed by atoms with Crippen molar-refractivity contribution >= 4 is 11.6 Å². The molecule has 0 atom stereocenters. The van der Waals surface area contributed by atoms with E-state index in [0.29, 0.717) is 12.8 Å². The molecule has 0 heterocycles. The van der Waals surface area contributed by atoms with Crippen LogP contribution in [0.15, 0.2) is 24.3 Å². The van der Waals surface area contributed by atoms with Gasteiger partial charge in [-0.1, -0.05) is 24.1 Å². The molecular formula is C15H18N2O. The molecule has 1 fully saturated rings. The van der Waals surface area contributed by atoms with E-state index < -0.39 is 5.54 Å². The third kappa shape index (κ3) is 2.53. The molecule has 2 rings (SSSR count). The predicted molar refractivity (Wildman–Crippen MR) is 72.2 cm³/mol. The second kappa shape index (κ2) is 5.22. The van der Waals surface area contributed by atoms with Crippen LogP contribution < -0.4 is 5.32 Å². The van der Waals surface area contributed by atoms with Crippen molar-refractivity contribution < 1.29 is 4.79 Å². The second-order valence-corrected chi connectivity index (χ2v) is 5.02. The number of hydrogen-bond donors (Lipinski definition) is 1. The lowest BCUT2D eigenvalue weighted by molar-refractivity contribution is -0.120. The van der Waals surface area contributed by atoms with E-state index in [-0.39, 0.29) is 5.91 Å². The Bertz CT molecular complexity index is 464. The monoisotopic (exact) mass is 242 g/mol. The van der Waals surface area contributed by atoms with E-state index in [4.69, 9.17) is 6.57 Å². The number of carbonyl (C=O) groups excluding carboxylic acids is 1. The highest BCUT2D eigenvalue weighted by atomic mass is 16.2. The summed E-state index contributed by atoms with van der Waals surface area (Å²) in [6.45, 7) is 9.35.